The normalized spacial score (nSPS) is 21.2. The minimum absolute atomic E-state index is 0.0542. The second-order valence-corrected chi connectivity index (χ2v) is 5.46. The van der Waals surface area contributed by atoms with Gasteiger partial charge in [-0.1, -0.05) is 6.58 Å². The summed E-state index contributed by atoms with van der Waals surface area (Å²) in [6, 6.07) is 0. The Balaban J connectivity index is 2.59. The molecular formula is C8H14FNO2S. The van der Waals surface area contributed by atoms with E-state index < -0.39 is 15.7 Å². The van der Waals surface area contributed by atoms with Crippen LogP contribution in [0.5, 0.6) is 0 Å². The van der Waals surface area contributed by atoms with E-state index in [1.807, 2.05) is 0 Å². The van der Waals surface area contributed by atoms with Crippen LogP contribution in [0.1, 0.15) is 19.3 Å². The number of sulfonamides is 1. The molecule has 0 amide bonds. The van der Waals surface area contributed by atoms with E-state index in [1.54, 1.807) is 0 Å². The van der Waals surface area contributed by atoms with Crippen LogP contribution in [0.2, 0.25) is 0 Å². The van der Waals surface area contributed by atoms with Crippen LogP contribution in [0.4, 0.5) is 4.39 Å². The zero-order valence-electron chi connectivity index (χ0n) is 7.66. The monoisotopic (exact) mass is 207 g/mol. The molecule has 0 atom stereocenters. The highest BCUT2D eigenvalue weighted by molar-refractivity contribution is 7.91. The molecule has 0 radical (unpaired) electrons. The molecule has 1 rings (SSSR count). The summed E-state index contributed by atoms with van der Waals surface area (Å²) in [6.45, 7) is 3.12. The lowest BCUT2D eigenvalue weighted by atomic mass is 9.82. The standard InChI is InChI=1S/C8H14FNO2S/c1-3-13(11,12)10(2)7-8(9)5-4-6-8/h3H,1,4-7H2,2H3. The molecule has 3 nitrogen and oxygen atoms in total. The van der Waals surface area contributed by atoms with Gasteiger partial charge in [0.25, 0.3) is 0 Å². The molecule has 0 unspecified atom stereocenters. The van der Waals surface area contributed by atoms with Gasteiger partial charge in [-0.15, -0.1) is 0 Å². The van der Waals surface area contributed by atoms with Crippen molar-refractivity contribution in [2.75, 3.05) is 13.6 Å². The summed E-state index contributed by atoms with van der Waals surface area (Å²) in [4.78, 5) is 0. The molecule has 1 fully saturated rings. The topological polar surface area (TPSA) is 37.4 Å². The fraction of sp³-hybridized carbons (Fsp3) is 0.750. The predicted octanol–water partition coefficient (Wildman–Crippen LogP) is 1.28. The first-order valence-electron chi connectivity index (χ1n) is 4.17. The summed E-state index contributed by atoms with van der Waals surface area (Å²) < 4.78 is 36.8. The summed E-state index contributed by atoms with van der Waals surface area (Å²) in [5, 5.41) is 0.842. The van der Waals surface area contributed by atoms with Crippen molar-refractivity contribution in [3.8, 4) is 0 Å². The summed E-state index contributed by atoms with van der Waals surface area (Å²) in [7, 11) is -2.08. The molecule has 0 bridgehead atoms. The van der Waals surface area contributed by atoms with Crippen molar-refractivity contribution >= 4 is 10.0 Å². The Kier molecular flexibility index (Phi) is 2.77. The maximum Gasteiger partial charge on any atom is 0.235 e. The Morgan fingerprint density at radius 2 is 2.15 bits per heavy atom. The van der Waals surface area contributed by atoms with E-state index in [-0.39, 0.29) is 6.54 Å². The lowest BCUT2D eigenvalue weighted by Gasteiger charge is -2.36. The third-order valence-corrected chi connectivity index (χ3v) is 3.82. The van der Waals surface area contributed by atoms with Crippen molar-refractivity contribution in [1.82, 2.24) is 4.31 Å². The van der Waals surface area contributed by atoms with Gasteiger partial charge in [-0.2, -0.15) is 4.31 Å². The van der Waals surface area contributed by atoms with Gasteiger partial charge in [0.1, 0.15) is 5.67 Å². The number of rotatable bonds is 4. The highest BCUT2D eigenvalue weighted by atomic mass is 32.2. The molecule has 1 saturated carbocycles. The summed E-state index contributed by atoms with van der Waals surface area (Å²) in [5.41, 5.74) is -1.30. The molecule has 0 aliphatic heterocycles. The molecule has 0 spiro atoms. The molecule has 1 aliphatic rings. The quantitative estimate of drug-likeness (QED) is 0.696. The van der Waals surface area contributed by atoms with Crippen molar-refractivity contribution in [2.24, 2.45) is 0 Å². The van der Waals surface area contributed by atoms with Crippen LogP contribution < -0.4 is 0 Å². The van der Waals surface area contributed by atoms with E-state index in [0.717, 1.165) is 16.1 Å². The van der Waals surface area contributed by atoms with Gasteiger partial charge in [0, 0.05) is 19.0 Å². The number of alkyl halides is 1. The van der Waals surface area contributed by atoms with Gasteiger partial charge in [0.2, 0.25) is 10.0 Å². The zero-order chi connectivity index (χ0) is 10.1. The van der Waals surface area contributed by atoms with Crippen molar-refractivity contribution in [1.29, 1.82) is 0 Å². The fourth-order valence-electron chi connectivity index (χ4n) is 1.33. The summed E-state index contributed by atoms with van der Waals surface area (Å²) in [5.74, 6) is 0. The third-order valence-electron chi connectivity index (χ3n) is 2.40. The zero-order valence-corrected chi connectivity index (χ0v) is 8.48. The van der Waals surface area contributed by atoms with Crippen molar-refractivity contribution < 1.29 is 12.8 Å². The SMILES string of the molecule is C=CS(=O)(=O)N(C)CC1(F)CCC1. The van der Waals surface area contributed by atoms with Crippen molar-refractivity contribution in [2.45, 2.75) is 24.9 Å². The lowest BCUT2D eigenvalue weighted by molar-refractivity contribution is 0.0477. The van der Waals surface area contributed by atoms with Gasteiger partial charge < -0.3 is 0 Å². The third kappa shape index (κ3) is 2.28. The highest BCUT2D eigenvalue weighted by Gasteiger charge is 2.39. The number of halogens is 1. The van der Waals surface area contributed by atoms with Crippen LogP contribution in [-0.4, -0.2) is 32.0 Å². The van der Waals surface area contributed by atoms with E-state index in [1.165, 1.54) is 7.05 Å². The van der Waals surface area contributed by atoms with Crippen molar-refractivity contribution in [3.05, 3.63) is 12.0 Å². The molecule has 0 aromatic carbocycles. The number of hydrogen-bond acceptors (Lipinski definition) is 2. The average Bonchev–Trinajstić information content (AvgIpc) is 2.01. The second kappa shape index (κ2) is 3.38. The van der Waals surface area contributed by atoms with Gasteiger partial charge in [-0.3, -0.25) is 0 Å². The van der Waals surface area contributed by atoms with Crippen LogP contribution >= 0.6 is 0 Å². The van der Waals surface area contributed by atoms with E-state index in [2.05, 4.69) is 6.58 Å². The van der Waals surface area contributed by atoms with Crippen LogP contribution in [0, 0.1) is 0 Å². The highest BCUT2D eigenvalue weighted by Crippen LogP contribution is 2.36. The molecular weight excluding hydrogens is 193 g/mol. The number of nitrogens with zero attached hydrogens (tertiary/aromatic N) is 1. The molecule has 0 heterocycles. The maximum atomic E-state index is 13.5. The van der Waals surface area contributed by atoms with Gasteiger partial charge in [-0.05, 0) is 19.3 Å². The Hall–Kier alpha value is -0.420. The first-order chi connectivity index (χ1) is 5.90. The van der Waals surface area contributed by atoms with Gasteiger partial charge in [-0.25, -0.2) is 12.8 Å². The van der Waals surface area contributed by atoms with Crippen molar-refractivity contribution in [3.63, 3.8) is 0 Å². The Bertz CT molecular complexity index is 295. The predicted molar refractivity (Wildman–Crippen MR) is 49.4 cm³/mol. The average molecular weight is 207 g/mol. The molecule has 76 valence electrons. The lowest BCUT2D eigenvalue weighted by Crippen LogP contribution is -2.44. The minimum Gasteiger partial charge on any atom is -0.242 e. The minimum atomic E-state index is -3.45. The van der Waals surface area contributed by atoms with Crippen LogP contribution in [0.25, 0.3) is 0 Å². The van der Waals surface area contributed by atoms with Crippen LogP contribution in [0.15, 0.2) is 12.0 Å². The van der Waals surface area contributed by atoms with Gasteiger partial charge in [0.05, 0.1) is 0 Å². The van der Waals surface area contributed by atoms with Gasteiger partial charge >= 0.3 is 0 Å². The van der Waals surface area contributed by atoms with E-state index in [9.17, 15) is 12.8 Å². The molecule has 0 aromatic heterocycles. The first kappa shape index (κ1) is 10.7. The van der Waals surface area contributed by atoms with Gasteiger partial charge in [0.15, 0.2) is 0 Å². The van der Waals surface area contributed by atoms with Crippen LogP contribution in [0.3, 0.4) is 0 Å². The summed E-state index contributed by atoms with van der Waals surface area (Å²) >= 11 is 0. The molecule has 0 N–H and O–H groups in total. The Morgan fingerprint density at radius 3 is 2.46 bits per heavy atom. The first-order valence-corrected chi connectivity index (χ1v) is 5.68. The van der Waals surface area contributed by atoms with E-state index >= 15 is 0 Å². The second-order valence-electron chi connectivity index (χ2n) is 3.47. The smallest absolute Gasteiger partial charge is 0.235 e. The van der Waals surface area contributed by atoms with Crippen LogP contribution in [-0.2, 0) is 10.0 Å². The Labute approximate surface area is 78.3 Å². The summed E-state index contributed by atoms with van der Waals surface area (Å²) in [6.07, 6.45) is 1.77. The Morgan fingerprint density at radius 1 is 1.62 bits per heavy atom. The maximum absolute atomic E-state index is 13.5. The molecule has 0 aromatic rings. The molecule has 5 heteroatoms. The molecule has 1 aliphatic carbocycles. The fourth-order valence-corrected chi connectivity index (χ4v) is 2.00. The molecule has 13 heavy (non-hydrogen) atoms. The van der Waals surface area contributed by atoms with E-state index in [0.29, 0.717) is 12.8 Å². The largest absolute Gasteiger partial charge is 0.242 e. The van der Waals surface area contributed by atoms with E-state index in [4.69, 9.17) is 0 Å². The number of hydrogen-bond donors (Lipinski definition) is 0. The molecule has 0 saturated heterocycles.